The number of alkyl carbamates (subject to hydrolysis) is 1. The van der Waals surface area contributed by atoms with Gasteiger partial charge < -0.3 is 24.8 Å². The average molecular weight is 557 g/mol. The van der Waals surface area contributed by atoms with Crippen LogP contribution >= 0.6 is 0 Å². The number of carboxylic acids is 1. The maximum Gasteiger partial charge on any atom is 0.407 e. The van der Waals surface area contributed by atoms with Gasteiger partial charge in [-0.1, -0.05) is 85.8 Å². The molecular formula is C33H36N2O6. The van der Waals surface area contributed by atoms with Gasteiger partial charge in [-0.05, 0) is 53.5 Å². The number of nitrogens with one attached hydrogen (secondary N) is 1. The van der Waals surface area contributed by atoms with Gasteiger partial charge in [0.1, 0.15) is 18.7 Å². The summed E-state index contributed by atoms with van der Waals surface area (Å²) < 4.78 is 11.8. The molecule has 2 aliphatic rings. The number of carboxylic acid groups (broad SMARTS) is 1. The van der Waals surface area contributed by atoms with Gasteiger partial charge in [-0.2, -0.15) is 0 Å². The molecule has 214 valence electrons. The first-order chi connectivity index (χ1) is 19.8. The zero-order valence-electron chi connectivity index (χ0n) is 23.4. The van der Waals surface area contributed by atoms with E-state index in [1.54, 1.807) is 6.92 Å². The predicted molar refractivity (Wildman–Crippen MR) is 154 cm³/mol. The summed E-state index contributed by atoms with van der Waals surface area (Å²) in [6.07, 6.45) is -0.420. The standard InChI is InChI=1S/C33H36N2O6/c1-21-16-17-29(32(37)38)35(18-21)31(36)30(22(2)40-19-23-10-4-3-5-11-23)34-33(39)41-20-28-26-14-8-6-12-24(26)25-13-7-9-15-27(25)28/h3-15,21-22,28-30H,16-20H2,1-2H3,(H,34,39)(H,37,38)/t21?,22-,29?,30+/m0/s1. The van der Waals surface area contributed by atoms with E-state index in [1.165, 1.54) is 4.90 Å². The van der Waals surface area contributed by atoms with Crippen LogP contribution in [0.2, 0.25) is 0 Å². The Labute approximate surface area is 240 Å². The number of nitrogens with zero attached hydrogens (tertiary/aromatic N) is 1. The Morgan fingerprint density at radius 1 is 0.927 bits per heavy atom. The third kappa shape index (κ3) is 6.28. The molecule has 0 bridgehead atoms. The number of hydrogen-bond donors (Lipinski definition) is 2. The second-order valence-electron chi connectivity index (χ2n) is 11.0. The molecule has 3 aromatic rings. The summed E-state index contributed by atoms with van der Waals surface area (Å²) >= 11 is 0. The van der Waals surface area contributed by atoms with Crippen LogP contribution in [0, 0.1) is 5.92 Å². The Bertz CT molecular complexity index is 1350. The van der Waals surface area contributed by atoms with Crippen LogP contribution < -0.4 is 5.32 Å². The fourth-order valence-electron chi connectivity index (χ4n) is 5.88. The number of carbonyl (C=O) groups excluding carboxylic acids is 2. The van der Waals surface area contributed by atoms with Gasteiger partial charge in [0, 0.05) is 12.5 Å². The monoisotopic (exact) mass is 556 g/mol. The maximum atomic E-state index is 13.8. The number of piperidine rings is 1. The van der Waals surface area contributed by atoms with Crippen LogP contribution in [0.15, 0.2) is 78.9 Å². The lowest BCUT2D eigenvalue weighted by Crippen LogP contribution is -2.60. The van der Waals surface area contributed by atoms with Crippen molar-refractivity contribution in [1.29, 1.82) is 0 Å². The number of likely N-dealkylation sites (tertiary alicyclic amines) is 1. The number of benzene rings is 3. The van der Waals surface area contributed by atoms with Crippen molar-refractivity contribution in [1.82, 2.24) is 10.2 Å². The fourth-order valence-corrected chi connectivity index (χ4v) is 5.88. The summed E-state index contributed by atoms with van der Waals surface area (Å²) in [5.41, 5.74) is 5.32. The minimum atomic E-state index is -1.12. The summed E-state index contributed by atoms with van der Waals surface area (Å²) in [5, 5.41) is 12.6. The molecule has 0 radical (unpaired) electrons. The molecule has 1 heterocycles. The molecule has 8 heteroatoms. The molecule has 0 spiro atoms. The Morgan fingerprint density at radius 3 is 2.17 bits per heavy atom. The van der Waals surface area contributed by atoms with Gasteiger partial charge >= 0.3 is 12.1 Å². The maximum absolute atomic E-state index is 13.8. The highest BCUT2D eigenvalue weighted by atomic mass is 16.5. The zero-order valence-corrected chi connectivity index (χ0v) is 23.4. The van der Waals surface area contributed by atoms with Crippen molar-refractivity contribution in [2.24, 2.45) is 5.92 Å². The van der Waals surface area contributed by atoms with E-state index in [2.05, 4.69) is 17.4 Å². The van der Waals surface area contributed by atoms with Gasteiger partial charge in [0.15, 0.2) is 0 Å². The lowest BCUT2D eigenvalue weighted by molar-refractivity contribution is -0.155. The molecule has 3 aromatic carbocycles. The SMILES string of the molecule is CC1CCC(C(=O)O)N(C(=O)[C@H](NC(=O)OCC2c3ccccc3-c3ccccc32)[C@H](C)OCc2ccccc2)C1. The van der Waals surface area contributed by atoms with Crippen LogP contribution in [0.25, 0.3) is 11.1 Å². The molecule has 41 heavy (non-hydrogen) atoms. The van der Waals surface area contributed by atoms with Crippen LogP contribution in [0.1, 0.15) is 49.3 Å². The smallest absolute Gasteiger partial charge is 0.407 e. The molecule has 5 rings (SSSR count). The van der Waals surface area contributed by atoms with E-state index in [1.807, 2.05) is 73.7 Å². The quantitative estimate of drug-likeness (QED) is 0.375. The van der Waals surface area contributed by atoms with Crippen molar-refractivity contribution in [2.45, 2.75) is 57.4 Å². The number of fused-ring (bicyclic) bond motifs is 3. The normalized spacial score (nSPS) is 19.5. The molecule has 8 nitrogen and oxygen atoms in total. The molecule has 2 N–H and O–H groups in total. The molecule has 1 fully saturated rings. The highest BCUT2D eigenvalue weighted by Crippen LogP contribution is 2.44. The summed E-state index contributed by atoms with van der Waals surface area (Å²) in [5.74, 6) is -1.53. The summed E-state index contributed by atoms with van der Waals surface area (Å²) in [4.78, 5) is 40.4. The van der Waals surface area contributed by atoms with Crippen molar-refractivity contribution in [2.75, 3.05) is 13.2 Å². The van der Waals surface area contributed by atoms with E-state index in [9.17, 15) is 19.5 Å². The van der Waals surface area contributed by atoms with E-state index in [0.29, 0.717) is 19.4 Å². The Hall–Kier alpha value is -4.17. The van der Waals surface area contributed by atoms with Crippen molar-refractivity contribution in [3.05, 3.63) is 95.6 Å². The minimum Gasteiger partial charge on any atom is -0.480 e. The molecule has 4 atom stereocenters. The van der Waals surface area contributed by atoms with Gasteiger partial charge in [0.25, 0.3) is 0 Å². The van der Waals surface area contributed by atoms with Crippen molar-refractivity contribution in [3.63, 3.8) is 0 Å². The minimum absolute atomic E-state index is 0.0958. The Balaban J connectivity index is 1.32. The van der Waals surface area contributed by atoms with Gasteiger partial charge in [-0.3, -0.25) is 4.79 Å². The summed E-state index contributed by atoms with van der Waals surface area (Å²) in [6, 6.07) is 23.6. The lowest BCUT2D eigenvalue weighted by Gasteiger charge is -2.39. The second kappa shape index (κ2) is 12.6. The Morgan fingerprint density at radius 2 is 1.54 bits per heavy atom. The zero-order chi connectivity index (χ0) is 28.9. The van der Waals surface area contributed by atoms with Gasteiger partial charge in [-0.15, -0.1) is 0 Å². The number of hydrogen-bond acceptors (Lipinski definition) is 5. The fraction of sp³-hybridized carbons (Fsp3) is 0.364. The molecule has 1 saturated heterocycles. The molecule has 1 aliphatic carbocycles. The van der Waals surface area contributed by atoms with Gasteiger partial charge in [0.05, 0.1) is 12.7 Å². The van der Waals surface area contributed by atoms with Crippen LogP contribution in [0.3, 0.4) is 0 Å². The summed E-state index contributed by atoms with van der Waals surface area (Å²) in [6.45, 7) is 4.32. The number of rotatable bonds is 9. The van der Waals surface area contributed by atoms with E-state index < -0.39 is 36.2 Å². The lowest BCUT2D eigenvalue weighted by atomic mass is 9.93. The van der Waals surface area contributed by atoms with E-state index in [-0.39, 0.29) is 25.0 Å². The Kier molecular flexibility index (Phi) is 8.69. The topological polar surface area (TPSA) is 105 Å². The van der Waals surface area contributed by atoms with Crippen molar-refractivity contribution < 1.29 is 29.0 Å². The third-order valence-corrected chi connectivity index (χ3v) is 8.09. The van der Waals surface area contributed by atoms with E-state index >= 15 is 0 Å². The molecule has 0 aromatic heterocycles. The molecule has 2 amide bonds. The largest absolute Gasteiger partial charge is 0.480 e. The van der Waals surface area contributed by atoms with Crippen molar-refractivity contribution >= 4 is 18.0 Å². The first-order valence-electron chi connectivity index (χ1n) is 14.1. The van der Waals surface area contributed by atoms with Crippen molar-refractivity contribution in [3.8, 4) is 11.1 Å². The molecule has 2 unspecified atom stereocenters. The van der Waals surface area contributed by atoms with E-state index in [0.717, 1.165) is 27.8 Å². The number of carbonyl (C=O) groups is 3. The highest BCUT2D eigenvalue weighted by molar-refractivity contribution is 5.90. The molecule has 0 saturated carbocycles. The van der Waals surface area contributed by atoms with Gasteiger partial charge in [0.2, 0.25) is 5.91 Å². The first-order valence-corrected chi connectivity index (χ1v) is 14.1. The third-order valence-electron chi connectivity index (χ3n) is 8.09. The molecule has 1 aliphatic heterocycles. The summed E-state index contributed by atoms with van der Waals surface area (Å²) in [7, 11) is 0. The highest BCUT2D eigenvalue weighted by Gasteiger charge is 2.40. The number of ether oxygens (including phenoxy) is 2. The van der Waals surface area contributed by atoms with E-state index in [4.69, 9.17) is 9.47 Å². The predicted octanol–water partition coefficient (Wildman–Crippen LogP) is 5.21. The number of amides is 2. The van der Waals surface area contributed by atoms with Crippen LogP contribution in [-0.2, 0) is 25.7 Å². The second-order valence-corrected chi connectivity index (χ2v) is 11.0. The first kappa shape index (κ1) is 28.4. The molecular weight excluding hydrogens is 520 g/mol. The number of aliphatic carboxylic acids is 1. The van der Waals surface area contributed by atoms with Crippen LogP contribution in [0.5, 0.6) is 0 Å². The average Bonchev–Trinajstić information content (AvgIpc) is 3.31. The van der Waals surface area contributed by atoms with Crippen LogP contribution in [0.4, 0.5) is 4.79 Å². The van der Waals surface area contributed by atoms with Gasteiger partial charge in [-0.25, -0.2) is 9.59 Å². The van der Waals surface area contributed by atoms with Crippen LogP contribution in [-0.4, -0.2) is 59.3 Å².